The molecule has 1 aromatic carbocycles. The van der Waals surface area contributed by atoms with Crippen molar-refractivity contribution in [1.29, 1.82) is 0 Å². The molecular weight excluding hydrogens is 482 g/mol. The second-order valence-corrected chi connectivity index (χ2v) is 11.1. The molecule has 0 atom stereocenters. The zero-order valence-electron chi connectivity index (χ0n) is 22.0. The molecule has 10 nitrogen and oxygen atoms in total. The Morgan fingerprint density at radius 3 is 1.92 bits per heavy atom. The van der Waals surface area contributed by atoms with Gasteiger partial charge in [-0.05, 0) is 65.5 Å². The van der Waals surface area contributed by atoms with Gasteiger partial charge in [0, 0.05) is 18.8 Å². The fraction of sp³-hybridized carbons (Fsp3) is 0.520. The van der Waals surface area contributed by atoms with Crippen LogP contribution in [0.5, 0.6) is 0 Å². The molecule has 0 radical (unpaired) electrons. The Balaban J connectivity index is 1.92. The number of benzene rings is 1. The molecule has 3 amide bonds. The Labute approximate surface area is 216 Å². The first kappa shape index (κ1) is 29.1. The minimum Gasteiger partial charge on any atom is -0.444 e. The molecule has 0 saturated heterocycles. The summed E-state index contributed by atoms with van der Waals surface area (Å²) in [5.41, 5.74) is 1.67. The average Bonchev–Trinajstić information content (AvgIpc) is 3.15. The van der Waals surface area contributed by atoms with Crippen molar-refractivity contribution in [1.82, 2.24) is 20.9 Å². The van der Waals surface area contributed by atoms with Crippen molar-refractivity contribution in [3.8, 4) is 0 Å². The highest BCUT2D eigenvalue weighted by molar-refractivity contribution is 7.13. The number of nitrogens with one attached hydrogen (secondary N) is 4. The first-order valence-electron chi connectivity index (χ1n) is 11.7. The second kappa shape index (κ2) is 12.7. The van der Waals surface area contributed by atoms with Gasteiger partial charge in [0.1, 0.15) is 11.2 Å². The summed E-state index contributed by atoms with van der Waals surface area (Å²) in [4.78, 5) is 40.0. The molecule has 0 aliphatic carbocycles. The van der Waals surface area contributed by atoms with Gasteiger partial charge in [0.05, 0.1) is 5.69 Å². The fourth-order valence-electron chi connectivity index (χ4n) is 2.93. The number of thiazole rings is 1. The van der Waals surface area contributed by atoms with E-state index in [1.165, 1.54) is 18.3 Å². The normalized spacial score (nSPS) is 11.7. The van der Waals surface area contributed by atoms with Gasteiger partial charge in [-0.15, -0.1) is 11.3 Å². The largest absolute Gasteiger partial charge is 0.444 e. The van der Waals surface area contributed by atoms with Crippen LogP contribution in [0.4, 0.5) is 14.7 Å². The Bertz CT molecular complexity index is 995. The van der Waals surface area contributed by atoms with Gasteiger partial charge in [0.2, 0.25) is 5.91 Å². The van der Waals surface area contributed by atoms with Crippen LogP contribution < -0.4 is 21.3 Å². The van der Waals surface area contributed by atoms with Crippen LogP contribution in [0.15, 0.2) is 29.6 Å². The van der Waals surface area contributed by atoms with Gasteiger partial charge in [-0.1, -0.05) is 24.3 Å². The molecule has 0 fully saturated rings. The van der Waals surface area contributed by atoms with Crippen LogP contribution in [0.3, 0.4) is 0 Å². The third-order valence-corrected chi connectivity index (χ3v) is 5.17. The van der Waals surface area contributed by atoms with E-state index in [1.54, 1.807) is 41.5 Å². The summed E-state index contributed by atoms with van der Waals surface area (Å²) in [6.45, 7) is 12.4. The zero-order valence-corrected chi connectivity index (χ0v) is 22.8. The summed E-state index contributed by atoms with van der Waals surface area (Å²) in [5, 5.41) is 13.6. The third kappa shape index (κ3) is 12.0. The highest BCUT2D eigenvalue weighted by Crippen LogP contribution is 2.17. The van der Waals surface area contributed by atoms with Crippen LogP contribution in [-0.2, 0) is 33.7 Å². The number of nitrogens with zero attached hydrogens (tertiary/aromatic N) is 1. The molecule has 0 aliphatic heterocycles. The minimum absolute atomic E-state index is 0.134. The molecule has 2 rings (SSSR count). The fourth-order valence-corrected chi connectivity index (χ4v) is 3.73. The van der Waals surface area contributed by atoms with Crippen molar-refractivity contribution in [2.45, 2.75) is 85.3 Å². The van der Waals surface area contributed by atoms with E-state index in [1.807, 2.05) is 29.6 Å². The summed E-state index contributed by atoms with van der Waals surface area (Å²) >= 11 is 1.41. The highest BCUT2D eigenvalue weighted by Gasteiger charge is 2.23. The summed E-state index contributed by atoms with van der Waals surface area (Å²) in [6, 6.07) is 8.00. The molecule has 0 aliphatic rings. The Hall–Kier alpha value is -3.18. The summed E-state index contributed by atoms with van der Waals surface area (Å²) in [6.07, 6.45) is -0.683. The Morgan fingerprint density at radius 2 is 1.42 bits per heavy atom. The van der Waals surface area contributed by atoms with Gasteiger partial charge >= 0.3 is 12.2 Å². The Morgan fingerprint density at radius 1 is 0.889 bits per heavy atom. The van der Waals surface area contributed by atoms with Crippen LogP contribution in [0.25, 0.3) is 0 Å². The van der Waals surface area contributed by atoms with E-state index in [2.05, 4.69) is 26.3 Å². The monoisotopic (exact) mass is 519 g/mol. The van der Waals surface area contributed by atoms with Crippen molar-refractivity contribution in [2.75, 3.05) is 5.32 Å². The molecule has 1 heterocycles. The van der Waals surface area contributed by atoms with Crippen LogP contribution in [0, 0.1) is 0 Å². The zero-order chi connectivity index (χ0) is 26.9. The first-order chi connectivity index (χ1) is 16.7. The molecule has 0 saturated carbocycles. The lowest BCUT2D eigenvalue weighted by Gasteiger charge is -2.26. The van der Waals surface area contributed by atoms with Gasteiger partial charge in [0.25, 0.3) is 0 Å². The minimum atomic E-state index is -0.906. The van der Waals surface area contributed by atoms with Crippen LogP contribution in [-0.4, -0.2) is 40.6 Å². The maximum Gasteiger partial charge on any atom is 0.410 e. The molecule has 1 aromatic heterocycles. The maximum absolute atomic E-state index is 12.2. The predicted octanol–water partition coefficient (Wildman–Crippen LogP) is 4.31. The summed E-state index contributed by atoms with van der Waals surface area (Å²) < 4.78 is 10.6. The lowest BCUT2D eigenvalue weighted by molar-refractivity contribution is -0.114. The van der Waals surface area contributed by atoms with Crippen molar-refractivity contribution in [3.05, 3.63) is 46.5 Å². The smallest absolute Gasteiger partial charge is 0.410 e. The first-order valence-corrected chi connectivity index (χ1v) is 12.6. The third-order valence-electron chi connectivity index (χ3n) is 4.36. The second-order valence-electron chi connectivity index (χ2n) is 10.2. The van der Waals surface area contributed by atoms with Crippen molar-refractivity contribution in [3.63, 3.8) is 0 Å². The van der Waals surface area contributed by atoms with Crippen molar-refractivity contribution < 1.29 is 23.9 Å². The predicted molar refractivity (Wildman–Crippen MR) is 140 cm³/mol. The van der Waals surface area contributed by atoms with E-state index >= 15 is 0 Å². The summed E-state index contributed by atoms with van der Waals surface area (Å²) in [5.74, 6) is -0.134. The quantitative estimate of drug-likeness (QED) is 0.363. The number of carbonyl (C=O) groups is 3. The molecule has 2 aromatic rings. The number of hydrogen-bond acceptors (Lipinski definition) is 8. The highest BCUT2D eigenvalue weighted by atomic mass is 32.1. The van der Waals surface area contributed by atoms with E-state index in [4.69, 9.17) is 9.47 Å². The molecule has 4 N–H and O–H groups in total. The van der Waals surface area contributed by atoms with Gasteiger partial charge in [-0.2, -0.15) is 0 Å². The van der Waals surface area contributed by atoms with Crippen LogP contribution in [0.2, 0.25) is 0 Å². The topological polar surface area (TPSA) is 131 Å². The van der Waals surface area contributed by atoms with E-state index < -0.39 is 29.7 Å². The van der Waals surface area contributed by atoms with Crippen molar-refractivity contribution in [2.24, 2.45) is 0 Å². The number of aromatic nitrogens is 1. The molecular formula is C25H37N5O5S. The SMILES string of the molecule is CC(=O)Nc1nc(CCc2ccc(CNC(NC(=O)OC(C)(C)C)NC(=O)OC(C)(C)C)cc2)cs1. The maximum atomic E-state index is 12.2. The van der Waals surface area contributed by atoms with Gasteiger partial charge < -0.3 is 14.8 Å². The molecule has 11 heteroatoms. The average molecular weight is 520 g/mol. The van der Waals surface area contributed by atoms with E-state index in [0.717, 1.165) is 29.7 Å². The van der Waals surface area contributed by atoms with E-state index in [-0.39, 0.29) is 5.91 Å². The molecule has 198 valence electrons. The van der Waals surface area contributed by atoms with Gasteiger partial charge in [-0.25, -0.2) is 14.6 Å². The van der Waals surface area contributed by atoms with E-state index in [0.29, 0.717) is 11.7 Å². The van der Waals surface area contributed by atoms with Crippen LogP contribution in [0.1, 0.15) is 65.3 Å². The molecule has 0 spiro atoms. The molecule has 36 heavy (non-hydrogen) atoms. The number of amides is 3. The molecule has 0 unspecified atom stereocenters. The number of carbonyl (C=O) groups excluding carboxylic acids is 3. The number of anilines is 1. The lowest BCUT2D eigenvalue weighted by Crippen LogP contribution is -2.57. The number of ether oxygens (including phenoxy) is 2. The Kier molecular flexibility index (Phi) is 10.2. The van der Waals surface area contributed by atoms with E-state index in [9.17, 15) is 14.4 Å². The molecule has 0 bridgehead atoms. The standard InChI is InChI=1S/C25H37N5O5S/c1-16(31)27-21-28-19(15-36-21)13-12-17-8-10-18(11-9-17)14-26-20(29-22(32)34-24(2,3)4)30-23(33)35-25(5,6)7/h8-11,15,20,26H,12-14H2,1-7H3,(H,29,32)(H,30,33)(H,27,28,31). The summed E-state index contributed by atoms with van der Waals surface area (Å²) in [7, 11) is 0. The number of hydrogen-bond donors (Lipinski definition) is 4. The van der Waals surface area contributed by atoms with Crippen LogP contribution >= 0.6 is 11.3 Å². The van der Waals surface area contributed by atoms with Crippen molar-refractivity contribution >= 4 is 34.6 Å². The lowest BCUT2D eigenvalue weighted by atomic mass is 10.1. The number of alkyl carbamates (subject to hydrolysis) is 2. The van der Waals surface area contributed by atoms with Gasteiger partial charge in [-0.3, -0.25) is 20.7 Å². The number of aryl methyl sites for hydroxylation is 2. The number of rotatable bonds is 9. The van der Waals surface area contributed by atoms with Gasteiger partial charge in [0.15, 0.2) is 11.4 Å².